The number of hydrogen-bond donors (Lipinski definition) is 0. The van der Waals surface area contributed by atoms with Gasteiger partial charge in [0.05, 0.1) is 18.5 Å². The molecule has 1 aliphatic carbocycles. The van der Waals surface area contributed by atoms with Crippen molar-refractivity contribution in [2.45, 2.75) is 36.6 Å². The summed E-state index contributed by atoms with van der Waals surface area (Å²) in [5.41, 5.74) is 1.59. The van der Waals surface area contributed by atoms with Crippen molar-refractivity contribution in [3.8, 4) is 5.75 Å². The van der Waals surface area contributed by atoms with E-state index in [1.807, 2.05) is 36.7 Å². The zero-order chi connectivity index (χ0) is 19.7. The summed E-state index contributed by atoms with van der Waals surface area (Å²) in [7, 11) is 3.61. The van der Waals surface area contributed by atoms with E-state index < -0.39 is 0 Å². The highest BCUT2D eigenvalue weighted by Crippen LogP contribution is 2.40. The van der Waals surface area contributed by atoms with E-state index in [4.69, 9.17) is 4.74 Å². The van der Waals surface area contributed by atoms with E-state index in [1.54, 1.807) is 23.8 Å². The molecular weight excluding hydrogens is 394 g/mol. The number of nitrogens with zero attached hydrogens (tertiary/aromatic N) is 5. The molecule has 28 heavy (non-hydrogen) atoms. The molecule has 2 aromatic heterocycles. The Morgan fingerprint density at radius 1 is 1.36 bits per heavy atom. The lowest BCUT2D eigenvalue weighted by Crippen LogP contribution is -2.23. The standard InChI is InChI=1S/C19H21N5O2S2/c1-12(25)24(15-6-4-5-7-16(15)26-3)18-20-14(10-27-18)11-28-19-22-21-17(23(19)2)13-8-9-13/h4-7,10,13H,8-9,11H2,1-3H3. The van der Waals surface area contributed by atoms with Crippen LogP contribution in [0.3, 0.4) is 0 Å². The lowest BCUT2D eigenvalue weighted by atomic mass is 10.2. The van der Waals surface area contributed by atoms with Gasteiger partial charge >= 0.3 is 0 Å². The number of thiazole rings is 1. The summed E-state index contributed by atoms with van der Waals surface area (Å²) in [6.45, 7) is 1.53. The summed E-state index contributed by atoms with van der Waals surface area (Å²) in [6.07, 6.45) is 2.41. The molecule has 146 valence electrons. The first kappa shape index (κ1) is 18.9. The van der Waals surface area contributed by atoms with Crippen LogP contribution in [-0.4, -0.2) is 32.8 Å². The second-order valence-corrected chi connectivity index (χ2v) is 8.39. The maximum atomic E-state index is 12.3. The van der Waals surface area contributed by atoms with Crippen molar-refractivity contribution < 1.29 is 9.53 Å². The zero-order valence-corrected chi connectivity index (χ0v) is 17.6. The number of aromatic nitrogens is 4. The Morgan fingerprint density at radius 3 is 2.86 bits per heavy atom. The highest BCUT2D eigenvalue weighted by atomic mass is 32.2. The maximum absolute atomic E-state index is 12.3. The Balaban J connectivity index is 1.51. The first-order valence-electron chi connectivity index (χ1n) is 8.98. The Kier molecular flexibility index (Phi) is 5.36. The number of rotatable bonds is 7. The quantitative estimate of drug-likeness (QED) is 0.540. The number of carbonyl (C=O) groups is 1. The molecule has 2 heterocycles. The van der Waals surface area contributed by atoms with Crippen LogP contribution in [0.5, 0.6) is 5.75 Å². The van der Waals surface area contributed by atoms with Gasteiger partial charge in [0, 0.05) is 31.0 Å². The normalized spacial score (nSPS) is 13.5. The van der Waals surface area contributed by atoms with Crippen LogP contribution in [0.4, 0.5) is 10.8 Å². The Bertz CT molecular complexity index is 996. The number of thioether (sulfide) groups is 1. The fraction of sp³-hybridized carbons (Fsp3) is 0.368. The van der Waals surface area contributed by atoms with Gasteiger partial charge < -0.3 is 9.30 Å². The van der Waals surface area contributed by atoms with Gasteiger partial charge in [0.15, 0.2) is 10.3 Å². The van der Waals surface area contributed by atoms with Gasteiger partial charge in [0.1, 0.15) is 11.6 Å². The van der Waals surface area contributed by atoms with E-state index in [0.717, 1.165) is 16.7 Å². The fourth-order valence-electron chi connectivity index (χ4n) is 2.97. The molecule has 0 atom stereocenters. The maximum Gasteiger partial charge on any atom is 0.230 e. The van der Waals surface area contributed by atoms with E-state index in [2.05, 4.69) is 19.7 Å². The van der Waals surface area contributed by atoms with Gasteiger partial charge in [-0.25, -0.2) is 4.98 Å². The molecule has 0 aliphatic heterocycles. The Labute approximate surface area is 171 Å². The molecule has 0 bridgehead atoms. The molecule has 4 rings (SSSR count). The average Bonchev–Trinajstić information content (AvgIpc) is 3.32. The lowest BCUT2D eigenvalue weighted by molar-refractivity contribution is -0.115. The average molecular weight is 416 g/mol. The molecule has 0 N–H and O–H groups in total. The molecule has 0 saturated heterocycles. The van der Waals surface area contributed by atoms with E-state index in [1.165, 1.54) is 31.1 Å². The number of ether oxygens (including phenoxy) is 1. The first-order chi connectivity index (χ1) is 13.6. The smallest absolute Gasteiger partial charge is 0.230 e. The summed E-state index contributed by atoms with van der Waals surface area (Å²) in [5, 5.41) is 12.1. The third-order valence-corrected chi connectivity index (χ3v) is 6.46. The Hall–Kier alpha value is -2.39. The van der Waals surface area contributed by atoms with Gasteiger partial charge in [-0.2, -0.15) is 0 Å². The van der Waals surface area contributed by atoms with Crippen LogP contribution in [0.2, 0.25) is 0 Å². The van der Waals surface area contributed by atoms with Crippen molar-refractivity contribution in [2.75, 3.05) is 12.0 Å². The van der Waals surface area contributed by atoms with E-state index in [0.29, 0.717) is 28.2 Å². The van der Waals surface area contributed by atoms with Crippen LogP contribution in [0.1, 0.15) is 37.2 Å². The van der Waals surface area contributed by atoms with Crippen LogP contribution < -0.4 is 9.64 Å². The number of para-hydroxylation sites is 2. The van der Waals surface area contributed by atoms with E-state index in [-0.39, 0.29) is 5.91 Å². The van der Waals surface area contributed by atoms with Crippen molar-refractivity contribution >= 4 is 39.8 Å². The molecule has 0 unspecified atom stereocenters. The number of amides is 1. The van der Waals surface area contributed by atoms with Crippen LogP contribution in [0, 0.1) is 0 Å². The highest BCUT2D eigenvalue weighted by molar-refractivity contribution is 7.98. The second kappa shape index (κ2) is 7.92. The minimum absolute atomic E-state index is 0.111. The molecule has 1 aromatic carbocycles. The third kappa shape index (κ3) is 3.77. The van der Waals surface area contributed by atoms with Gasteiger partial charge in [-0.3, -0.25) is 9.69 Å². The fourth-order valence-corrected chi connectivity index (χ4v) is 4.77. The predicted octanol–water partition coefficient (Wildman–Crippen LogP) is 4.13. The lowest BCUT2D eigenvalue weighted by Gasteiger charge is -2.20. The molecule has 7 nitrogen and oxygen atoms in total. The molecule has 1 saturated carbocycles. The molecule has 3 aromatic rings. The SMILES string of the molecule is COc1ccccc1N(C(C)=O)c1nc(CSc2nnc(C3CC3)n2C)cs1. The number of anilines is 2. The summed E-state index contributed by atoms with van der Waals surface area (Å²) in [5.74, 6) is 2.84. The van der Waals surface area contributed by atoms with Crippen molar-refractivity contribution in [2.24, 2.45) is 7.05 Å². The first-order valence-corrected chi connectivity index (χ1v) is 10.8. The molecule has 9 heteroatoms. The second-order valence-electron chi connectivity index (χ2n) is 6.61. The minimum atomic E-state index is -0.111. The van der Waals surface area contributed by atoms with Gasteiger partial charge in [-0.15, -0.1) is 21.5 Å². The van der Waals surface area contributed by atoms with Gasteiger partial charge in [0.25, 0.3) is 0 Å². The van der Waals surface area contributed by atoms with Crippen molar-refractivity contribution in [3.05, 3.63) is 41.2 Å². The van der Waals surface area contributed by atoms with Crippen LogP contribution in [-0.2, 0) is 17.6 Å². The largest absolute Gasteiger partial charge is 0.495 e. The highest BCUT2D eigenvalue weighted by Gasteiger charge is 2.29. The van der Waals surface area contributed by atoms with E-state index >= 15 is 0 Å². The molecular formula is C19H21N5O2S2. The molecule has 1 aliphatic rings. The molecule has 1 fully saturated rings. The van der Waals surface area contributed by atoms with Gasteiger partial charge in [-0.1, -0.05) is 23.9 Å². The summed E-state index contributed by atoms with van der Waals surface area (Å²) >= 11 is 3.05. The number of carbonyl (C=O) groups excluding carboxylic acids is 1. The van der Waals surface area contributed by atoms with Crippen molar-refractivity contribution in [1.29, 1.82) is 0 Å². The van der Waals surface area contributed by atoms with Gasteiger partial charge in [0.2, 0.25) is 5.91 Å². The summed E-state index contributed by atoms with van der Waals surface area (Å²) in [4.78, 5) is 18.6. The summed E-state index contributed by atoms with van der Waals surface area (Å²) in [6, 6.07) is 7.45. The van der Waals surface area contributed by atoms with Gasteiger partial charge in [-0.05, 0) is 25.0 Å². The van der Waals surface area contributed by atoms with Crippen LogP contribution >= 0.6 is 23.1 Å². The molecule has 0 spiro atoms. The van der Waals surface area contributed by atoms with Crippen molar-refractivity contribution in [1.82, 2.24) is 19.7 Å². The monoisotopic (exact) mass is 415 g/mol. The van der Waals surface area contributed by atoms with Crippen LogP contribution in [0.15, 0.2) is 34.8 Å². The topological polar surface area (TPSA) is 73.1 Å². The van der Waals surface area contributed by atoms with Crippen molar-refractivity contribution in [3.63, 3.8) is 0 Å². The molecule has 1 amide bonds. The molecule has 0 radical (unpaired) electrons. The minimum Gasteiger partial charge on any atom is -0.495 e. The Morgan fingerprint density at radius 2 is 2.14 bits per heavy atom. The van der Waals surface area contributed by atoms with Crippen LogP contribution in [0.25, 0.3) is 0 Å². The summed E-state index contributed by atoms with van der Waals surface area (Å²) < 4.78 is 7.49. The number of methoxy groups -OCH3 is 1. The third-order valence-electron chi connectivity index (χ3n) is 4.53. The number of hydrogen-bond acceptors (Lipinski definition) is 7. The number of benzene rings is 1. The van der Waals surface area contributed by atoms with E-state index in [9.17, 15) is 4.79 Å². The predicted molar refractivity (Wildman–Crippen MR) is 110 cm³/mol. The zero-order valence-electron chi connectivity index (χ0n) is 16.0.